The number of aryl methyl sites for hydroxylation is 3. The van der Waals surface area contributed by atoms with Crippen molar-refractivity contribution in [3.8, 4) is 16.9 Å². The van der Waals surface area contributed by atoms with Gasteiger partial charge in [-0.15, -0.1) is 0 Å². The number of aromatic nitrogens is 3. The number of fused-ring (bicyclic) bond motifs is 4. The van der Waals surface area contributed by atoms with Crippen molar-refractivity contribution in [3.05, 3.63) is 90.6 Å². The number of hydrogen-bond donors (Lipinski definition) is 0. The molecule has 3 heterocycles. The van der Waals surface area contributed by atoms with Crippen molar-refractivity contribution in [2.45, 2.75) is 13.8 Å². The zero-order chi connectivity index (χ0) is 21.1. The van der Waals surface area contributed by atoms with Crippen LogP contribution in [0, 0.1) is 20.2 Å². The van der Waals surface area contributed by atoms with Gasteiger partial charge in [-0.05, 0) is 66.1 Å². The Morgan fingerprint density at radius 1 is 0.935 bits per heavy atom. The van der Waals surface area contributed by atoms with Crippen LogP contribution in [0.4, 0.5) is 0 Å². The Labute approximate surface area is 180 Å². The van der Waals surface area contributed by atoms with E-state index in [9.17, 15) is 0 Å². The zero-order valence-corrected chi connectivity index (χ0v) is 17.7. The number of furan rings is 1. The second-order valence-corrected chi connectivity index (χ2v) is 8.20. The lowest BCUT2D eigenvalue weighted by atomic mass is 10.0. The lowest BCUT2D eigenvalue weighted by Crippen LogP contribution is -2.24. The van der Waals surface area contributed by atoms with Gasteiger partial charge in [0.05, 0.1) is 18.4 Å². The van der Waals surface area contributed by atoms with Gasteiger partial charge in [-0.3, -0.25) is 4.98 Å². The molecule has 150 valence electrons. The Morgan fingerprint density at radius 3 is 2.48 bits per heavy atom. The fourth-order valence-electron chi connectivity index (χ4n) is 4.20. The molecular weight excluding hydrogens is 382 g/mol. The summed E-state index contributed by atoms with van der Waals surface area (Å²) in [6.07, 6.45) is 9.24. The summed E-state index contributed by atoms with van der Waals surface area (Å²) in [7, 11) is 1.97. The summed E-state index contributed by atoms with van der Waals surface area (Å²) in [6.45, 7) is 4.20. The second kappa shape index (κ2) is 6.54. The van der Waals surface area contributed by atoms with Gasteiger partial charge >= 0.3 is 0 Å². The molecule has 0 aliphatic heterocycles. The third kappa shape index (κ3) is 2.83. The molecule has 0 saturated heterocycles. The lowest BCUT2D eigenvalue weighted by Gasteiger charge is -2.09. The van der Waals surface area contributed by atoms with Crippen molar-refractivity contribution in [2.75, 3.05) is 0 Å². The molecule has 3 aromatic heterocycles. The van der Waals surface area contributed by atoms with Crippen LogP contribution in [0.2, 0.25) is 0 Å². The standard InChI is InChI=1S/C27H21N3O/c1-17-10-25(28-15-18(17)2)24-14-21(30-9-8-29(3)16-30)13-23-22-11-19-6-4-5-7-20(19)12-26(22)31-27(23)24/h4-15H,1-3H3. The van der Waals surface area contributed by atoms with Gasteiger partial charge in [-0.1, -0.05) is 24.3 Å². The molecule has 0 spiro atoms. The molecule has 0 unspecified atom stereocenters. The highest BCUT2D eigenvalue weighted by Gasteiger charge is 2.16. The van der Waals surface area contributed by atoms with Gasteiger partial charge in [0.1, 0.15) is 11.2 Å². The average Bonchev–Trinajstić information content (AvgIpc) is 3.36. The van der Waals surface area contributed by atoms with Crippen LogP contribution >= 0.6 is 0 Å². The number of rotatable bonds is 2. The van der Waals surface area contributed by atoms with E-state index in [1.54, 1.807) is 0 Å². The molecular formula is C27H21N3O. The molecule has 0 aliphatic carbocycles. The largest absolute Gasteiger partial charge is 0.455 e. The SMILES string of the molecule is Cc1cnc(-c2cc(-n3[c-][n+](C)cc3)cc3c2oc2cc4ccccc4cc23)cc1C. The van der Waals surface area contributed by atoms with Gasteiger partial charge in [-0.2, -0.15) is 0 Å². The molecule has 0 fully saturated rings. The monoisotopic (exact) mass is 403 g/mol. The average molecular weight is 403 g/mol. The minimum Gasteiger partial charge on any atom is -0.455 e. The van der Waals surface area contributed by atoms with Gasteiger partial charge < -0.3 is 13.6 Å². The minimum atomic E-state index is 0.862. The molecule has 6 aromatic rings. The van der Waals surface area contributed by atoms with Crippen LogP contribution in [0.25, 0.3) is 49.7 Å². The number of pyridine rings is 1. The molecule has 4 heteroatoms. The Hall–Kier alpha value is -3.92. The predicted octanol–water partition coefficient (Wildman–Crippen LogP) is 5.83. The van der Waals surface area contributed by atoms with E-state index in [0.717, 1.165) is 38.9 Å². The van der Waals surface area contributed by atoms with E-state index in [1.165, 1.54) is 21.9 Å². The van der Waals surface area contributed by atoms with Crippen LogP contribution in [0.3, 0.4) is 0 Å². The van der Waals surface area contributed by atoms with Crippen molar-refractivity contribution in [2.24, 2.45) is 7.05 Å². The normalized spacial score (nSPS) is 11.7. The first kappa shape index (κ1) is 17.9. The summed E-state index contributed by atoms with van der Waals surface area (Å²) in [6, 6.07) is 19.2. The quantitative estimate of drug-likeness (QED) is 0.269. The summed E-state index contributed by atoms with van der Waals surface area (Å²) in [5.41, 5.74) is 7.07. The topological polar surface area (TPSA) is 34.8 Å². The Morgan fingerprint density at radius 2 is 1.74 bits per heavy atom. The summed E-state index contributed by atoms with van der Waals surface area (Å²) in [5, 5.41) is 4.56. The number of benzene rings is 3. The lowest BCUT2D eigenvalue weighted by molar-refractivity contribution is -0.674. The maximum atomic E-state index is 6.45. The molecule has 4 nitrogen and oxygen atoms in total. The maximum absolute atomic E-state index is 6.45. The van der Waals surface area contributed by atoms with Gasteiger partial charge in [-0.25, -0.2) is 0 Å². The van der Waals surface area contributed by atoms with E-state index in [1.807, 2.05) is 34.8 Å². The Balaban J connectivity index is 1.73. The summed E-state index contributed by atoms with van der Waals surface area (Å²) < 4.78 is 10.4. The molecule has 0 amide bonds. The Bertz CT molecular complexity index is 1620. The van der Waals surface area contributed by atoms with Crippen molar-refractivity contribution in [1.29, 1.82) is 0 Å². The maximum Gasteiger partial charge on any atom is 0.243 e. The highest BCUT2D eigenvalue weighted by Crippen LogP contribution is 2.39. The summed E-state index contributed by atoms with van der Waals surface area (Å²) >= 11 is 0. The molecule has 0 saturated carbocycles. The van der Waals surface area contributed by atoms with Crippen LogP contribution in [0.15, 0.2) is 77.6 Å². The van der Waals surface area contributed by atoms with Gasteiger partial charge in [0.15, 0.2) is 0 Å². The minimum absolute atomic E-state index is 0.862. The van der Waals surface area contributed by atoms with E-state index in [-0.39, 0.29) is 0 Å². The van der Waals surface area contributed by atoms with Crippen molar-refractivity contribution >= 4 is 32.7 Å². The van der Waals surface area contributed by atoms with Crippen LogP contribution in [0.1, 0.15) is 11.1 Å². The van der Waals surface area contributed by atoms with Crippen molar-refractivity contribution in [3.63, 3.8) is 0 Å². The van der Waals surface area contributed by atoms with E-state index < -0.39 is 0 Å². The molecule has 6 rings (SSSR count). The fourth-order valence-corrected chi connectivity index (χ4v) is 4.20. The third-order valence-electron chi connectivity index (χ3n) is 6.06. The molecule has 31 heavy (non-hydrogen) atoms. The molecule has 0 aliphatic rings. The number of imidazole rings is 1. The first-order valence-electron chi connectivity index (χ1n) is 10.4. The van der Waals surface area contributed by atoms with E-state index in [2.05, 4.69) is 74.8 Å². The van der Waals surface area contributed by atoms with Crippen molar-refractivity contribution in [1.82, 2.24) is 9.55 Å². The first-order valence-corrected chi connectivity index (χ1v) is 10.4. The third-order valence-corrected chi connectivity index (χ3v) is 6.06. The van der Waals surface area contributed by atoms with E-state index >= 15 is 0 Å². The van der Waals surface area contributed by atoms with Crippen LogP contribution in [0.5, 0.6) is 0 Å². The predicted molar refractivity (Wildman–Crippen MR) is 123 cm³/mol. The highest BCUT2D eigenvalue weighted by molar-refractivity contribution is 6.13. The highest BCUT2D eigenvalue weighted by atomic mass is 16.3. The van der Waals surface area contributed by atoms with E-state index in [4.69, 9.17) is 9.40 Å². The van der Waals surface area contributed by atoms with Crippen LogP contribution < -0.4 is 4.57 Å². The summed E-state index contributed by atoms with van der Waals surface area (Å²) in [4.78, 5) is 4.74. The van der Waals surface area contributed by atoms with Crippen LogP contribution in [-0.4, -0.2) is 9.55 Å². The number of hydrogen-bond acceptors (Lipinski definition) is 2. The van der Waals surface area contributed by atoms with Gasteiger partial charge in [0.25, 0.3) is 0 Å². The zero-order valence-electron chi connectivity index (χ0n) is 17.7. The molecule has 3 aromatic carbocycles. The number of nitrogens with zero attached hydrogens (tertiary/aromatic N) is 3. The molecule has 0 N–H and O–H groups in total. The fraction of sp³-hybridized carbons (Fsp3) is 0.111. The van der Waals surface area contributed by atoms with Crippen LogP contribution in [-0.2, 0) is 7.05 Å². The molecule has 0 radical (unpaired) electrons. The molecule has 0 atom stereocenters. The smallest absolute Gasteiger partial charge is 0.243 e. The molecule has 0 bridgehead atoms. The van der Waals surface area contributed by atoms with Crippen molar-refractivity contribution < 1.29 is 8.98 Å². The summed E-state index contributed by atoms with van der Waals surface area (Å²) in [5.74, 6) is 0. The van der Waals surface area contributed by atoms with Gasteiger partial charge in [0.2, 0.25) is 6.33 Å². The first-order chi connectivity index (χ1) is 15.1. The Kier molecular flexibility index (Phi) is 3.78. The van der Waals surface area contributed by atoms with Gasteiger partial charge in [0, 0.05) is 34.9 Å². The van der Waals surface area contributed by atoms with E-state index in [0.29, 0.717) is 0 Å². The second-order valence-electron chi connectivity index (χ2n) is 8.20.